The highest BCUT2D eigenvalue weighted by Crippen LogP contribution is 2.34. The molecule has 0 aliphatic carbocycles. The first-order valence-electron chi connectivity index (χ1n) is 13.9. The molecule has 1 aliphatic heterocycles. The number of carbonyl (C=O) groups excluding carboxylic acids is 1. The molecule has 212 valence electrons. The maximum absolute atomic E-state index is 12.2. The number of piperidine rings is 1. The Morgan fingerprint density at radius 2 is 1.88 bits per heavy atom. The van der Waals surface area contributed by atoms with Gasteiger partial charge in [-0.3, -0.25) is 14.9 Å². The number of aliphatic imine (C=N–C) groups is 1. The molecule has 6 rings (SSSR count). The lowest BCUT2D eigenvalue weighted by Crippen LogP contribution is -2.36. The molecule has 3 heterocycles. The van der Waals surface area contributed by atoms with Crippen molar-refractivity contribution < 1.29 is 14.8 Å². The number of nitrogens with zero attached hydrogens (tertiary/aromatic N) is 5. The average Bonchev–Trinajstić information content (AvgIpc) is 3.57. The van der Waals surface area contributed by atoms with Crippen LogP contribution in [0.1, 0.15) is 36.0 Å². The van der Waals surface area contributed by atoms with Crippen molar-refractivity contribution in [3.05, 3.63) is 106 Å². The Kier molecular flexibility index (Phi) is 7.26. The minimum Gasteiger partial charge on any atom is -0.494 e. The molecule has 0 radical (unpaired) electrons. The normalized spacial score (nSPS) is 14.1. The second-order valence-corrected chi connectivity index (χ2v) is 10.5. The summed E-state index contributed by atoms with van der Waals surface area (Å²) in [6.07, 6.45) is 6.98. The van der Waals surface area contributed by atoms with E-state index in [-0.39, 0.29) is 17.5 Å². The summed E-state index contributed by atoms with van der Waals surface area (Å²) in [5.41, 5.74) is 4.74. The number of aromatic amines is 1. The van der Waals surface area contributed by atoms with E-state index >= 15 is 0 Å². The van der Waals surface area contributed by atoms with E-state index in [4.69, 9.17) is 4.99 Å². The number of imidazole rings is 1. The summed E-state index contributed by atoms with van der Waals surface area (Å²) in [6, 6.07) is 19.9. The summed E-state index contributed by atoms with van der Waals surface area (Å²) in [4.78, 5) is 37.5. The number of nitro groups is 1. The number of benzene rings is 3. The lowest BCUT2D eigenvalue weighted by Gasteiger charge is -2.26. The van der Waals surface area contributed by atoms with Crippen LogP contribution < -0.4 is 0 Å². The zero-order chi connectivity index (χ0) is 29.2. The van der Waals surface area contributed by atoms with E-state index in [0.717, 1.165) is 48.3 Å². The van der Waals surface area contributed by atoms with Gasteiger partial charge in [0, 0.05) is 73.1 Å². The monoisotopic (exact) mass is 562 g/mol. The van der Waals surface area contributed by atoms with Crippen molar-refractivity contribution in [2.24, 2.45) is 12.0 Å². The number of H-pyrrole nitrogens is 1. The summed E-state index contributed by atoms with van der Waals surface area (Å²) in [6.45, 7) is 1.48. The van der Waals surface area contributed by atoms with Crippen LogP contribution >= 0.6 is 0 Å². The van der Waals surface area contributed by atoms with Gasteiger partial charge >= 0.3 is 0 Å². The van der Waals surface area contributed by atoms with Crippen LogP contribution in [0.5, 0.6) is 5.88 Å². The molecule has 5 aromatic rings. The number of likely N-dealkylation sites (tertiary alicyclic amines) is 1. The quantitative estimate of drug-likeness (QED) is 0.138. The minimum atomic E-state index is -0.456. The van der Waals surface area contributed by atoms with Gasteiger partial charge in [0.15, 0.2) is 5.88 Å². The van der Waals surface area contributed by atoms with Gasteiger partial charge < -0.3 is 19.6 Å². The van der Waals surface area contributed by atoms with Crippen LogP contribution in [0, 0.1) is 10.1 Å². The summed E-state index contributed by atoms with van der Waals surface area (Å²) in [5, 5.41) is 23.1. The zero-order valence-electron chi connectivity index (χ0n) is 23.2. The number of rotatable bonds is 8. The fourth-order valence-electron chi connectivity index (χ4n) is 5.43. The third-order valence-electron chi connectivity index (χ3n) is 7.72. The number of nitro benzene ring substituents is 1. The third-order valence-corrected chi connectivity index (χ3v) is 7.72. The first-order valence-corrected chi connectivity index (χ1v) is 13.9. The van der Waals surface area contributed by atoms with Gasteiger partial charge in [-0.05, 0) is 55.2 Å². The Labute approximate surface area is 242 Å². The van der Waals surface area contributed by atoms with Gasteiger partial charge in [0.1, 0.15) is 5.82 Å². The van der Waals surface area contributed by atoms with E-state index in [0.29, 0.717) is 40.8 Å². The molecule has 1 aliphatic rings. The molecule has 42 heavy (non-hydrogen) atoms. The fourth-order valence-corrected chi connectivity index (χ4v) is 5.43. The Morgan fingerprint density at radius 3 is 2.57 bits per heavy atom. The van der Waals surface area contributed by atoms with E-state index in [1.165, 1.54) is 12.1 Å². The molecular formula is C32H30N6O4. The van der Waals surface area contributed by atoms with Crippen LogP contribution in [0.4, 0.5) is 11.4 Å². The van der Waals surface area contributed by atoms with Crippen molar-refractivity contribution in [3.63, 3.8) is 0 Å². The molecule has 0 saturated carbocycles. The molecule has 1 fully saturated rings. The molecule has 1 saturated heterocycles. The van der Waals surface area contributed by atoms with Crippen molar-refractivity contribution in [1.82, 2.24) is 19.4 Å². The van der Waals surface area contributed by atoms with Gasteiger partial charge in [-0.25, -0.2) is 9.98 Å². The van der Waals surface area contributed by atoms with Crippen molar-refractivity contribution in [2.45, 2.75) is 25.7 Å². The van der Waals surface area contributed by atoms with Crippen LogP contribution in [-0.4, -0.2) is 54.2 Å². The van der Waals surface area contributed by atoms with E-state index in [2.05, 4.69) is 9.97 Å². The van der Waals surface area contributed by atoms with Crippen LogP contribution in [0.3, 0.4) is 0 Å². The number of non-ortho nitro benzene ring substituents is 1. The topological polar surface area (TPSA) is 130 Å². The number of aryl methyl sites for hydroxylation is 1. The number of carbonyl (C=O) groups is 1. The summed E-state index contributed by atoms with van der Waals surface area (Å²) in [7, 11) is 1.93. The van der Waals surface area contributed by atoms with Gasteiger partial charge in [0.05, 0.1) is 21.9 Å². The molecule has 3 aromatic carbocycles. The van der Waals surface area contributed by atoms with E-state index in [9.17, 15) is 20.0 Å². The molecule has 2 aromatic heterocycles. The smallest absolute Gasteiger partial charge is 0.270 e. The van der Waals surface area contributed by atoms with Crippen molar-refractivity contribution >= 4 is 33.9 Å². The number of aromatic nitrogens is 3. The Morgan fingerprint density at radius 1 is 1.10 bits per heavy atom. The van der Waals surface area contributed by atoms with Gasteiger partial charge in [-0.1, -0.05) is 24.3 Å². The highest BCUT2D eigenvalue weighted by atomic mass is 16.6. The number of hydrogen-bond acceptors (Lipinski definition) is 6. The van der Waals surface area contributed by atoms with Crippen molar-refractivity contribution in [3.8, 4) is 17.3 Å². The predicted molar refractivity (Wildman–Crippen MR) is 161 cm³/mol. The summed E-state index contributed by atoms with van der Waals surface area (Å²) < 4.78 is 1.93. The predicted octanol–water partition coefficient (Wildman–Crippen LogP) is 5.91. The molecule has 10 nitrogen and oxygen atoms in total. The molecule has 1 amide bonds. The summed E-state index contributed by atoms with van der Waals surface area (Å²) in [5.74, 6) is 0.917. The second kappa shape index (κ2) is 11.3. The highest BCUT2D eigenvalue weighted by molar-refractivity contribution is 6.22. The van der Waals surface area contributed by atoms with Crippen molar-refractivity contribution in [2.75, 3.05) is 13.1 Å². The van der Waals surface area contributed by atoms with E-state index < -0.39 is 4.92 Å². The van der Waals surface area contributed by atoms with Crippen LogP contribution in [0.2, 0.25) is 0 Å². The molecule has 0 unspecified atom stereocenters. The van der Waals surface area contributed by atoms with E-state index in [1.54, 1.807) is 12.3 Å². The standard InChI is InChI=1S/C32H30N6O4/c1-36-19-16-33-31(36)23-9-11-24(12-10-23)34-30(29-26-20-25(38(41)42)13-14-27(26)35-32(29)40)22-7-5-21(6-8-22)15-18-37-17-3-2-4-28(37)39/h5-14,16,19-20,35,40H,2-4,15,17-18H2,1H3. The number of amides is 1. The average molecular weight is 563 g/mol. The van der Waals surface area contributed by atoms with Gasteiger partial charge in [0.25, 0.3) is 5.69 Å². The van der Waals surface area contributed by atoms with Gasteiger partial charge in [-0.2, -0.15) is 0 Å². The maximum atomic E-state index is 12.2. The highest BCUT2D eigenvalue weighted by Gasteiger charge is 2.22. The number of hydrogen-bond donors (Lipinski definition) is 2. The number of nitrogens with one attached hydrogen (secondary N) is 1. The van der Waals surface area contributed by atoms with Crippen LogP contribution in [0.25, 0.3) is 22.3 Å². The Balaban J connectivity index is 1.38. The van der Waals surface area contributed by atoms with Gasteiger partial charge in [-0.15, -0.1) is 0 Å². The molecule has 0 bridgehead atoms. The Hall–Kier alpha value is -5.25. The maximum Gasteiger partial charge on any atom is 0.270 e. The summed E-state index contributed by atoms with van der Waals surface area (Å²) >= 11 is 0. The third kappa shape index (κ3) is 5.38. The first kappa shape index (κ1) is 26.9. The Bertz CT molecular complexity index is 1800. The lowest BCUT2D eigenvalue weighted by molar-refractivity contribution is -0.384. The van der Waals surface area contributed by atoms with E-state index in [1.807, 2.05) is 71.2 Å². The SMILES string of the molecule is Cn1ccnc1-c1ccc(N=C(c2ccc(CCN3CCCCC3=O)cc2)c2c(O)[nH]c3ccc([N+](=O)[O-])cc23)cc1. The lowest BCUT2D eigenvalue weighted by atomic mass is 9.98. The largest absolute Gasteiger partial charge is 0.494 e. The fraction of sp³-hybridized carbons (Fsp3) is 0.219. The first-order chi connectivity index (χ1) is 20.4. The number of fused-ring (bicyclic) bond motifs is 1. The molecular weight excluding hydrogens is 532 g/mol. The van der Waals surface area contributed by atoms with Crippen molar-refractivity contribution in [1.29, 1.82) is 0 Å². The molecule has 10 heteroatoms. The molecule has 2 N–H and O–H groups in total. The van der Waals surface area contributed by atoms with Crippen LogP contribution in [0.15, 0.2) is 84.1 Å². The number of aromatic hydroxyl groups is 1. The minimum absolute atomic E-state index is 0.0795. The second-order valence-electron chi connectivity index (χ2n) is 10.5. The zero-order valence-corrected chi connectivity index (χ0v) is 23.2. The van der Waals surface area contributed by atoms with Gasteiger partial charge in [0.2, 0.25) is 5.91 Å². The molecule has 0 atom stereocenters. The van der Waals surface area contributed by atoms with Crippen LogP contribution in [-0.2, 0) is 18.3 Å². The molecule has 0 spiro atoms.